The first-order valence-corrected chi connectivity index (χ1v) is 14.6. The number of aliphatic imine (C=N–C) groups is 1. The average Bonchev–Trinajstić information content (AvgIpc) is 3.75. The molecule has 0 spiro atoms. The predicted octanol–water partition coefficient (Wildman–Crippen LogP) is 9.19. The number of H-pyrrole nitrogens is 1. The summed E-state index contributed by atoms with van der Waals surface area (Å²) in [6.07, 6.45) is 0.671. The molecule has 6 aromatic rings. The molecular weight excluding hydrogens is 542 g/mol. The van der Waals surface area contributed by atoms with Gasteiger partial charge in [0.05, 0.1) is 42.6 Å². The van der Waals surface area contributed by atoms with Crippen LogP contribution in [0.4, 0.5) is 0 Å². The lowest BCUT2D eigenvalue weighted by Gasteiger charge is -2.14. The molecule has 0 aliphatic carbocycles. The Morgan fingerprint density at radius 1 is 0.568 bits per heavy atom. The van der Waals surface area contributed by atoms with E-state index in [1.807, 2.05) is 72.8 Å². The quantitative estimate of drug-likeness (QED) is 0.197. The number of aromatic nitrogens is 2. The Balaban J connectivity index is 1.34. The molecule has 7 rings (SSSR count). The predicted molar refractivity (Wildman–Crippen MR) is 179 cm³/mol. The Morgan fingerprint density at radius 3 is 1.66 bits per heavy atom. The van der Waals surface area contributed by atoms with Crippen molar-refractivity contribution in [2.45, 2.75) is 6.42 Å². The summed E-state index contributed by atoms with van der Waals surface area (Å²) in [6.45, 7) is 0. The van der Waals surface area contributed by atoms with Crippen LogP contribution in [0.5, 0.6) is 11.5 Å². The van der Waals surface area contributed by atoms with Crippen molar-refractivity contribution in [3.63, 3.8) is 0 Å². The molecule has 0 atom stereocenters. The molecule has 0 unspecified atom stereocenters. The summed E-state index contributed by atoms with van der Waals surface area (Å²) in [6, 6.07) is 45.3. The topological polar surface area (TPSA) is 59.5 Å². The first-order valence-electron chi connectivity index (χ1n) is 14.6. The largest absolute Gasteiger partial charge is 0.496 e. The maximum absolute atomic E-state index is 6.01. The van der Waals surface area contributed by atoms with E-state index in [9.17, 15) is 0 Å². The van der Waals surface area contributed by atoms with Crippen LogP contribution in [-0.2, 0) is 0 Å². The molecule has 5 nitrogen and oxygen atoms in total. The van der Waals surface area contributed by atoms with Gasteiger partial charge in [-0.15, -0.1) is 0 Å². The molecule has 0 saturated heterocycles. The number of nitrogens with one attached hydrogen (secondary N) is 1. The van der Waals surface area contributed by atoms with Crippen LogP contribution in [0, 0.1) is 0 Å². The molecular formula is C39H31N3O2. The lowest BCUT2D eigenvalue weighted by atomic mass is 9.95. The third-order valence-corrected chi connectivity index (χ3v) is 7.95. The van der Waals surface area contributed by atoms with Crippen molar-refractivity contribution in [2.24, 2.45) is 4.99 Å². The zero-order valence-electron chi connectivity index (χ0n) is 24.6. The van der Waals surface area contributed by atoms with Crippen molar-refractivity contribution in [3.05, 3.63) is 150 Å². The molecule has 5 aromatic carbocycles. The van der Waals surface area contributed by atoms with Crippen molar-refractivity contribution in [3.8, 4) is 45.4 Å². The Morgan fingerprint density at radius 2 is 1.07 bits per heavy atom. The van der Waals surface area contributed by atoms with Crippen molar-refractivity contribution in [1.82, 2.24) is 9.97 Å². The van der Waals surface area contributed by atoms with Gasteiger partial charge >= 0.3 is 0 Å². The minimum absolute atomic E-state index is 0.671. The normalized spacial score (nSPS) is 12.7. The second kappa shape index (κ2) is 11.9. The maximum atomic E-state index is 6.01. The van der Waals surface area contributed by atoms with Crippen molar-refractivity contribution in [2.75, 3.05) is 14.2 Å². The van der Waals surface area contributed by atoms with E-state index in [1.54, 1.807) is 14.2 Å². The maximum Gasteiger partial charge on any atom is 0.142 e. The molecule has 1 aliphatic rings. The summed E-state index contributed by atoms with van der Waals surface area (Å²) in [5.74, 6) is 2.09. The van der Waals surface area contributed by atoms with Gasteiger partial charge in [0.25, 0.3) is 0 Å². The van der Waals surface area contributed by atoms with E-state index in [2.05, 4.69) is 65.6 Å². The number of methoxy groups -OCH3 is 2. The second-order valence-corrected chi connectivity index (χ2v) is 10.6. The number of hydrogen-bond acceptors (Lipinski definition) is 4. The Labute approximate surface area is 257 Å². The summed E-state index contributed by atoms with van der Waals surface area (Å²) in [5, 5.41) is 0. The van der Waals surface area contributed by atoms with Gasteiger partial charge in [-0.2, -0.15) is 0 Å². The summed E-state index contributed by atoms with van der Waals surface area (Å²) in [5.41, 5.74) is 10.9. The van der Waals surface area contributed by atoms with Gasteiger partial charge in [-0.3, -0.25) is 4.99 Å². The molecule has 2 heterocycles. The van der Waals surface area contributed by atoms with Crippen LogP contribution in [0.25, 0.3) is 45.2 Å². The van der Waals surface area contributed by atoms with E-state index in [0.717, 1.165) is 56.2 Å². The number of rotatable bonds is 8. The first-order chi connectivity index (χ1) is 21.7. The van der Waals surface area contributed by atoms with E-state index in [-0.39, 0.29) is 0 Å². The first kappa shape index (κ1) is 27.2. The SMILES string of the molecule is COc1cc(-c2nc(-c3ccccc3)c(-c3ccccc3)[nH]2)c(OC)cc1C1=NC(c2ccccc2)=C(c2ccccc2)C1. The van der Waals surface area contributed by atoms with Crippen LogP contribution in [0.3, 0.4) is 0 Å². The highest BCUT2D eigenvalue weighted by Gasteiger charge is 2.26. The molecule has 1 aromatic heterocycles. The number of hydrogen-bond donors (Lipinski definition) is 1. The number of nitrogens with zero attached hydrogens (tertiary/aromatic N) is 2. The molecule has 44 heavy (non-hydrogen) atoms. The lowest BCUT2D eigenvalue weighted by Crippen LogP contribution is -2.04. The van der Waals surface area contributed by atoms with Gasteiger partial charge in [0.15, 0.2) is 0 Å². The monoisotopic (exact) mass is 573 g/mol. The number of imidazole rings is 1. The highest BCUT2D eigenvalue weighted by Crippen LogP contribution is 2.43. The molecule has 214 valence electrons. The molecule has 1 N–H and O–H groups in total. The van der Waals surface area contributed by atoms with E-state index in [0.29, 0.717) is 23.7 Å². The van der Waals surface area contributed by atoms with Crippen LogP contribution in [0.1, 0.15) is 23.1 Å². The van der Waals surface area contributed by atoms with E-state index in [4.69, 9.17) is 19.5 Å². The Bertz CT molecular complexity index is 1920. The third kappa shape index (κ3) is 5.09. The van der Waals surface area contributed by atoms with Gasteiger partial charge < -0.3 is 14.5 Å². The highest BCUT2D eigenvalue weighted by molar-refractivity contribution is 6.18. The average molecular weight is 574 g/mol. The van der Waals surface area contributed by atoms with Crippen LogP contribution in [0.15, 0.2) is 138 Å². The fraction of sp³-hybridized carbons (Fsp3) is 0.0769. The smallest absolute Gasteiger partial charge is 0.142 e. The Kier molecular flexibility index (Phi) is 7.35. The van der Waals surface area contributed by atoms with Crippen molar-refractivity contribution in [1.29, 1.82) is 0 Å². The third-order valence-electron chi connectivity index (χ3n) is 7.95. The second-order valence-electron chi connectivity index (χ2n) is 10.6. The molecule has 0 radical (unpaired) electrons. The summed E-state index contributed by atoms with van der Waals surface area (Å²) in [7, 11) is 3.38. The van der Waals surface area contributed by atoms with Gasteiger partial charge in [0.2, 0.25) is 0 Å². The minimum Gasteiger partial charge on any atom is -0.496 e. The molecule has 0 amide bonds. The van der Waals surface area contributed by atoms with Gasteiger partial charge in [0.1, 0.15) is 17.3 Å². The van der Waals surface area contributed by atoms with Crippen LogP contribution in [-0.4, -0.2) is 29.9 Å². The number of aromatic amines is 1. The van der Waals surface area contributed by atoms with Crippen LogP contribution >= 0.6 is 0 Å². The van der Waals surface area contributed by atoms with Crippen molar-refractivity contribution >= 4 is 17.0 Å². The van der Waals surface area contributed by atoms with Gasteiger partial charge in [-0.25, -0.2) is 4.98 Å². The Hall–Kier alpha value is -5.68. The van der Waals surface area contributed by atoms with E-state index in [1.165, 1.54) is 5.57 Å². The van der Waals surface area contributed by atoms with E-state index < -0.39 is 0 Å². The summed E-state index contributed by atoms with van der Waals surface area (Å²) >= 11 is 0. The summed E-state index contributed by atoms with van der Waals surface area (Å²) in [4.78, 5) is 13.9. The molecule has 0 saturated carbocycles. The van der Waals surface area contributed by atoms with Crippen LogP contribution < -0.4 is 9.47 Å². The van der Waals surface area contributed by atoms with Gasteiger partial charge in [-0.05, 0) is 23.3 Å². The molecule has 0 fully saturated rings. The fourth-order valence-electron chi connectivity index (χ4n) is 5.79. The van der Waals surface area contributed by atoms with E-state index >= 15 is 0 Å². The zero-order valence-corrected chi connectivity index (χ0v) is 24.6. The molecule has 5 heteroatoms. The highest BCUT2D eigenvalue weighted by atomic mass is 16.5. The fourth-order valence-corrected chi connectivity index (χ4v) is 5.79. The standard InChI is InChI=1S/C39H31N3O2/c1-43-34-25-32(39-41-37(28-19-11-5-12-20-28)38(42-39)29-21-13-6-14-22-29)35(44-2)24-31(34)33-23-30(26-15-7-3-8-16-26)36(40-33)27-17-9-4-10-18-27/h3-22,24-25H,23H2,1-2H3,(H,41,42). The molecule has 0 bridgehead atoms. The number of allylic oxidation sites excluding steroid dienone is 1. The molecule has 1 aliphatic heterocycles. The zero-order chi connectivity index (χ0) is 29.9. The van der Waals surface area contributed by atoms with Crippen LogP contribution in [0.2, 0.25) is 0 Å². The lowest BCUT2D eigenvalue weighted by molar-refractivity contribution is 0.403. The van der Waals surface area contributed by atoms with Crippen molar-refractivity contribution < 1.29 is 9.47 Å². The number of benzene rings is 5. The van der Waals surface area contributed by atoms with Gasteiger partial charge in [0, 0.05) is 28.7 Å². The van der Waals surface area contributed by atoms with Gasteiger partial charge in [-0.1, -0.05) is 121 Å². The summed E-state index contributed by atoms with van der Waals surface area (Å²) < 4.78 is 12.0. The number of ether oxygens (including phenoxy) is 2. The minimum atomic E-state index is 0.671.